The molecule has 2 aliphatic rings. The quantitative estimate of drug-likeness (QED) is 0.288. The number of para-hydroxylation sites is 2. The highest BCUT2D eigenvalue weighted by Crippen LogP contribution is 2.47. The van der Waals surface area contributed by atoms with Crippen LogP contribution in [0, 0.1) is 12.8 Å². The molecular weight excluding hydrogens is 484 g/mol. The minimum atomic E-state index is -0.540. The van der Waals surface area contributed by atoms with Gasteiger partial charge in [-0.2, -0.15) is 0 Å². The topological polar surface area (TPSA) is 59.0 Å². The number of Topliss-reactive ketones (excluding diaryl/α,β-unsaturated/α-hetero) is 1. The number of amides is 1. The fourth-order valence-electron chi connectivity index (χ4n) is 5.87. The molecule has 0 N–H and O–H groups in total. The van der Waals surface area contributed by atoms with Crippen LogP contribution in [0.4, 0.5) is 11.4 Å². The summed E-state index contributed by atoms with van der Waals surface area (Å²) in [5, 5.41) is 0. The fraction of sp³-hybridized carbons (Fsp3) is 0.206. The third-order valence-corrected chi connectivity index (χ3v) is 7.85. The molecule has 0 radical (unpaired) electrons. The first-order valence-corrected chi connectivity index (χ1v) is 13.3. The smallest absolute Gasteiger partial charge is 0.258 e. The summed E-state index contributed by atoms with van der Waals surface area (Å²) in [4.78, 5) is 35.3. The van der Waals surface area contributed by atoms with Crippen molar-refractivity contribution in [1.82, 2.24) is 0 Å². The molecule has 1 saturated carbocycles. The van der Waals surface area contributed by atoms with Gasteiger partial charge in [0.2, 0.25) is 0 Å². The highest BCUT2D eigenvalue weighted by Gasteiger charge is 2.46. The number of hydrogen-bond donors (Lipinski definition) is 0. The molecule has 1 heterocycles. The number of nitrogens with zero attached hydrogens (tertiary/aromatic N) is 2. The van der Waals surface area contributed by atoms with Crippen molar-refractivity contribution in [3.63, 3.8) is 0 Å². The Bertz CT molecular complexity index is 1540. The van der Waals surface area contributed by atoms with Gasteiger partial charge in [-0.25, -0.2) is 0 Å². The summed E-state index contributed by atoms with van der Waals surface area (Å²) in [6.45, 7) is 2.04. The second kappa shape index (κ2) is 10.3. The van der Waals surface area contributed by atoms with Crippen LogP contribution in [-0.2, 0) is 4.79 Å². The molecule has 0 aromatic heterocycles. The van der Waals surface area contributed by atoms with E-state index >= 15 is 0 Å². The third-order valence-electron chi connectivity index (χ3n) is 7.85. The van der Waals surface area contributed by atoms with Gasteiger partial charge in [-0.3, -0.25) is 19.5 Å². The Kier molecular flexibility index (Phi) is 6.57. The van der Waals surface area contributed by atoms with Crippen molar-refractivity contribution in [2.45, 2.75) is 31.7 Å². The average molecular weight is 515 g/mol. The van der Waals surface area contributed by atoms with Crippen LogP contribution in [0.3, 0.4) is 0 Å². The van der Waals surface area contributed by atoms with E-state index in [1.54, 1.807) is 7.11 Å². The minimum absolute atomic E-state index is 0.0145. The Labute approximate surface area is 228 Å². The number of carbonyl (C=O) groups is 2. The first-order chi connectivity index (χ1) is 19.0. The van der Waals surface area contributed by atoms with Gasteiger partial charge in [0.25, 0.3) is 5.91 Å². The Hall–Kier alpha value is -4.51. The Morgan fingerprint density at radius 2 is 1.49 bits per heavy atom. The molecule has 0 spiro atoms. The normalized spacial score (nSPS) is 20.4. The number of fused-ring (bicyclic) bond motifs is 2. The van der Waals surface area contributed by atoms with Crippen molar-refractivity contribution >= 4 is 28.8 Å². The summed E-state index contributed by atoms with van der Waals surface area (Å²) in [5.74, 6) is 0.220. The second-order valence-electron chi connectivity index (χ2n) is 10.3. The summed E-state index contributed by atoms with van der Waals surface area (Å²) in [7, 11) is 1.65. The van der Waals surface area contributed by atoms with E-state index in [-0.39, 0.29) is 17.6 Å². The predicted octanol–water partition coefficient (Wildman–Crippen LogP) is 7.24. The van der Waals surface area contributed by atoms with Crippen molar-refractivity contribution in [2.75, 3.05) is 12.0 Å². The average Bonchev–Trinajstić information content (AvgIpc) is 3.12. The lowest BCUT2D eigenvalue weighted by Gasteiger charge is -2.39. The zero-order chi connectivity index (χ0) is 26.9. The van der Waals surface area contributed by atoms with E-state index in [1.165, 1.54) is 0 Å². The van der Waals surface area contributed by atoms with Gasteiger partial charge in [0, 0.05) is 17.7 Å². The minimum Gasteiger partial charge on any atom is -0.497 e. The number of ketones is 1. The molecule has 1 aliphatic carbocycles. The molecule has 0 unspecified atom stereocenters. The summed E-state index contributed by atoms with van der Waals surface area (Å²) >= 11 is 0. The van der Waals surface area contributed by atoms with Gasteiger partial charge < -0.3 is 4.74 Å². The van der Waals surface area contributed by atoms with Gasteiger partial charge in [0.05, 0.1) is 30.4 Å². The molecule has 6 rings (SSSR count). The lowest BCUT2D eigenvalue weighted by atomic mass is 9.72. The molecule has 1 amide bonds. The second-order valence-corrected chi connectivity index (χ2v) is 10.3. The largest absolute Gasteiger partial charge is 0.497 e. The molecule has 5 nitrogen and oxygen atoms in total. The Morgan fingerprint density at radius 3 is 2.21 bits per heavy atom. The van der Waals surface area contributed by atoms with E-state index in [1.807, 2.05) is 115 Å². The predicted molar refractivity (Wildman–Crippen MR) is 154 cm³/mol. The molecular formula is C34H30N2O3. The molecule has 39 heavy (non-hydrogen) atoms. The summed E-state index contributed by atoms with van der Waals surface area (Å²) in [6, 6.07) is 32.6. The number of hydrogen-bond acceptors (Lipinski definition) is 4. The molecule has 4 aromatic rings. The van der Waals surface area contributed by atoms with E-state index < -0.39 is 12.0 Å². The van der Waals surface area contributed by atoms with E-state index in [0.717, 1.165) is 28.2 Å². The maximum atomic E-state index is 14.2. The molecule has 0 saturated heterocycles. The van der Waals surface area contributed by atoms with Crippen molar-refractivity contribution in [3.8, 4) is 5.75 Å². The number of rotatable bonds is 4. The van der Waals surface area contributed by atoms with Crippen molar-refractivity contribution in [3.05, 3.63) is 125 Å². The highest BCUT2D eigenvalue weighted by molar-refractivity contribution is 6.15. The first-order valence-electron chi connectivity index (χ1n) is 13.3. The van der Waals surface area contributed by atoms with Gasteiger partial charge in [0.15, 0.2) is 0 Å². The summed E-state index contributed by atoms with van der Waals surface area (Å²) in [5.41, 5.74) is 5.97. The van der Waals surface area contributed by atoms with Gasteiger partial charge >= 0.3 is 0 Å². The number of methoxy groups -OCH3 is 1. The monoisotopic (exact) mass is 514 g/mol. The molecule has 0 bridgehead atoms. The van der Waals surface area contributed by atoms with Gasteiger partial charge in [0.1, 0.15) is 11.5 Å². The van der Waals surface area contributed by atoms with E-state index in [4.69, 9.17) is 9.73 Å². The fourth-order valence-corrected chi connectivity index (χ4v) is 5.87. The number of anilines is 1. The van der Waals surface area contributed by atoms with Crippen LogP contribution in [0.5, 0.6) is 5.75 Å². The SMILES string of the molecule is COc1ccc([C@@H]2CC(=O)[C@@H]3C(=Nc4ccccc4N(C(=O)c4ccccc4)[C@H]3c3ccc(C)cc3)C2)cc1. The first kappa shape index (κ1) is 24.8. The van der Waals surface area contributed by atoms with Crippen LogP contribution in [0.2, 0.25) is 0 Å². The lowest BCUT2D eigenvalue weighted by Crippen LogP contribution is -2.45. The highest BCUT2D eigenvalue weighted by atomic mass is 16.5. The van der Waals surface area contributed by atoms with E-state index in [2.05, 4.69) is 0 Å². The van der Waals surface area contributed by atoms with Crippen molar-refractivity contribution in [1.29, 1.82) is 0 Å². The Balaban J connectivity index is 1.51. The molecule has 3 atom stereocenters. The van der Waals surface area contributed by atoms with Crippen LogP contribution in [0.25, 0.3) is 0 Å². The van der Waals surface area contributed by atoms with E-state index in [9.17, 15) is 9.59 Å². The van der Waals surface area contributed by atoms with Crippen molar-refractivity contribution in [2.24, 2.45) is 10.9 Å². The zero-order valence-electron chi connectivity index (χ0n) is 22.1. The number of aliphatic imine (C=N–C) groups is 1. The summed E-state index contributed by atoms with van der Waals surface area (Å²) < 4.78 is 5.33. The van der Waals surface area contributed by atoms with Crippen LogP contribution in [0.15, 0.2) is 108 Å². The third kappa shape index (κ3) is 4.65. The van der Waals surface area contributed by atoms with Crippen molar-refractivity contribution < 1.29 is 14.3 Å². The number of aryl methyl sites for hydroxylation is 1. The van der Waals surface area contributed by atoms with Gasteiger partial charge in [-0.1, -0.05) is 72.3 Å². The van der Waals surface area contributed by atoms with Gasteiger partial charge in [-0.15, -0.1) is 0 Å². The maximum absolute atomic E-state index is 14.2. The number of benzene rings is 4. The standard InChI is InChI=1S/C34H30N2O3/c1-22-12-14-24(15-13-22)33-32-29(20-26(21-31(32)37)23-16-18-27(39-2)19-17-23)35-28-10-6-7-11-30(28)36(33)34(38)25-8-4-3-5-9-25/h3-19,26,32-33H,20-21H2,1-2H3/t26-,32-,33-/m0/s1. The molecule has 5 heteroatoms. The van der Waals surface area contributed by atoms with Gasteiger partial charge in [-0.05, 0) is 66.8 Å². The van der Waals surface area contributed by atoms with Crippen LogP contribution in [0.1, 0.15) is 51.8 Å². The lowest BCUT2D eigenvalue weighted by molar-refractivity contribution is -0.122. The van der Waals surface area contributed by atoms with Crippen LogP contribution < -0.4 is 9.64 Å². The molecule has 1 aliphatic heterocycles. The molecule has 4 aromatic carbocycles. The van der Waals surface area contributed by atoms with E-state index in [0.29, 0.717) is 29.8 Å². The van der Waals surface area contributed by atoms with Crippen LogP contribution in [-0.4, -0.2) is 24.5 Å². The van der Waals surface area contributed by atoms with Crippen LogP contribution >= 0.6 is 0 Å². The zero-order valence-corrected chi connectivity index (χ0v) is 22.1. The number of carbonyl (C=O) groups excluding carboxylic acids is 2. The number of ether oxygens (including phenoxy) is 1. The summed E-state index contributed by atoms with van der Waals surface area (Å²) in [6.07, 6.45) is 1.04. The molecule has 1 fully saturated rings. The Morgan fingerprint density at radius 1 is 0.821 bits per heavy atom. The molecule has 194 valence electrons. The maximum Gasteiger partial charge on any atom is 0.258 e.